The van der Waals surface area contributed by atoms with Crippen molar-refractivity contribution in [2.45, 2.75) is 19.9 Å². The molecule has 1 aliphatic heterocycles. The van der Waals surface area contributed by atoms with E-state index >= 15 is 0 Å². The molecular weight excluding hydrogens is 335 g/mol. The van der Waals surface area contributed by atoms with Crippen LogP contribution in [0, 0.1) is 0 Å². The molecule has 0 saturated carbocycles. The minimum atomic E-state index is -0.359. The third-order valence-corrected chi connectivity index (χ3v) is 4.49. The van der Waals surface area contributed by atoms with Crippen molar-refractivity contribution in [3.63, 3.8) is 0 Å². The molecule has 5 nitrogen and oxygen atoms in total. The number of hydrogen-bond acceptors (Lipinski definition) is 3. The zero-order chi connectivity index (χ0) is 16.6. The Morgan fingerprint density at radius 2 is 2.13 bits per heavy atom. The Morgan fingerprint density at radius 3 is 2.83 bits per heavy atom. The van der Waals surface area contributed by atoms with Crippen LogP contribution in [0.5, 0.6) is 0 Å². The summed E-state index contributed by atoms with van der Waals surface area (Å²) in [6.45, 7) is 4.32. The average molecular weight is 351 g/mol. The van der Waals surface area contributed by atoms with Crippen molar-refractivity contribution in [1.82, 2.24) is 15.1 Å². The fraction of sp³-hybridized carbons (Fsp3) is 0.250. The number of benzene rings is 1. The van der Waals surface area contributed by atoms with Gasteiger partial charge in [0.05, 0.1) is 21.8 Å². The molecule has 2 aromatic rings. The number of rotatable bonds is 3. The van der Waals surface area contributed by atoms with E-state index in [1.54, 1.807) is 23.0 Å². The van der Waals surface area contributed by atoms with Gasteiger partial charge in [0.15, 0.2) is 0 Å². The van der Waals surface area contributed by atoms with Crippen LogP contribution in [0.1, 0.15) is 25.5 Å². The maximum absolute atomic E-state index is 12.6. The number of allylic oxidation sites excluding steroid dienone is 1. The van der Waals surface area contributed by atoms with Gasteiger partial charge in [0.25, 0.3) is 5.91 Å². The molecule has 0 bridgehead atoms. The maximum atomic E-state index is 12.6. The van der Waals surface area contributed by atoms with Gasteiger partial charge in [-0.05, 0) is 31.5 Å². The molecule has 0 aliphatic carbocycles. The number of aromatic nitrogens is 2. The van der Waals surface area contributed by atoms with Crippen LogP contribution in [0.25, 0.3) is 0 Å². The Balaban J connectivity index is 2.16. The molecule has 1 aromatic heterocycles. The third-order valence-electron chi connectivity index (χ3n) is 3.75. The molecule has 1 atom stereocenters. The predicted molar refractivity (Wildman–Crippen MR) is 91.8 cm³/mol. The van der Waals surface area contributed by atoms with E-state index in [-0.39, 0.29) is 11.9 Å². The minimum Gasteiger partial charge on any atom is -0.352 e. The van der Waals surface area contributed by atoms with Crippen molar-refractivity contribution in [3.05, 3.63) is 57.3 Å². The lowest BCUT2D eigenvalue weighted by Gasteiger charge is -2.29. The number of anilines is 1. The first kappa shape index (κ1) is 15.9. The maximum Gasteiger partial charge on any atom is 0.251 e. The van der Waals surface area contributed by atoms with Crippen molar-refractivity contribution in [3.8, 4) is 0 Å². The Kier molecular flexibility index (Phi) is 4.33. The first-order valence-corrected chi connectivity index (χ1v) is 8.03. The second-order valence-electron chi connectivity index (χ2n) is 5.26. The Hall–Kier alpha value is -1.98. The summed E-state index contributed by atoms with van der Waals surface area (Å²) >= 11 is 12.2. The van der Waals surface area contributed by atoms with Gasteiger partial charge in [-0.3, -0.25) is 4.79 Å². The van der Waals surface area contributed by atoms with E-state index in [4.69, 9.17) is 23.2 Å². The standard InChI is InChI=1S/C16H16Cl2N4O/c1-3-19-16(23)14-9(2)21-13-6-7-20-22(13)15(14)10-4-5-11(17)12(18)8-10/h4-8,15,21H,3H2,1-2H3,(H,19,23). The van der Waals surface area contributed by atoms with Crippen molar-refractivity contribution in [2.75, 3.05) is 11.9 Å². The van der Waals surface area contributed by atoms with E-state index in [0.29, 0.717) is 22.2 Å². The van der Waals surface area contributed by atoms with E-state index in [2.05, 4.69) is 15.7 Å². The van der Waals surface area contributed by atoms with Crippen LogP contribution in [0.4, 0.5) is 5.82 Å². The number of fused-ring (bicyclic) bond motifs is 1. The van der Waals surface area contributed by atoms with E-state index in [0.717, 1.165) is 17.1 Å². The van der Waals surface area contributed by atoms with Crippen LogP contribution in [0.3, 0.4) is 0 Å². The van der Waals surface area contributed by atoms with Gasteiger partial charge in [-0.1, -0.05) is 29.3 Å². The minimum absolute atomic E-state index is 0.130. The zero-order valence-electron chi connectivity index (χ0n) is 12.7. The van der Waals surface area contributed by atoms with Crippen LogP contribution in [0.15, 0.2) is 41.7 Å². The van der Waals surface area contributed by atoms with Gasteiger partial charge in [-0.25, -0.2) is 4.68 Å². The van der Waals surface area contributed by atoms with Crippen LogP contribution in [-0.2, 0) is 4.79 Å². The van der Waals surface area contributed by atoms with Gasteiger partial charge < -0.3 is 10.6 Å². The van der Waals surface area contributed by atoms with Gasteiger partial charge in [-0.2, -0.15) is 5.10 Å². The summed E-state index contributed by atoms with van der Waals surface area (Å²) in [6, 6.07) is 6.88. The molecule has 7 heteroatoms. The molecule has 1 unspecified atom stereocenters. The first-order chi connectivity index (χ1) is 11.0. The van der Waals surface area contributed by atoms with E-state index in [9.17, 15) is 4.79 Å². The lowest BCUT2D eigenvalue weighted by atomic mass is 9.95. The molecule has 3 rings (SSSR count). The second-order valence-corrected chi connectivity index (χ2v) is 6.07. The summed E-state index contributed by atoms with van der Waals surface area (Å²) in [5.41, 5.74) is 2.26. The topological polar surface area (TPSA) is 59.0 Å². The van der Waals surface area contributed by atoms with E-state index < -0.39 is 0 Å². The summed E-state index contributed by atoms with van der Waals surface area (Å²) < 4.78 is 1.77. The van der Waals surface area contributed by atoms with Crippen molar-refractivity contribution < 1.29 is 4.79 Å². The van der Waals surface area contributed by atoms with Crippen LogP contribution in [0.2, 0.25) is 10.0 Å². The number of halogens is 2. The lowest BCUT2D eigenvalue weighted by Crippen LogP contribution is -2.34. The van der Waals surface area contributed by atoms with Gasteiger partial charge >= 0.3 is 0 Å². The highest BCUT2D eigenvalue weighted by Crippen LogP contribution is 2.37. The van der Waals surface area contributed by atoms with Crippen molar-refractivity contribution in [2.24, 2.45) is 0 Å². The highest BCUT2D eigenvalue weighted by molar-refractivity contribution is 6.42. The van der Waals surface area contributed by atoms with Gasteiger partial charge in [0.1, 0.15) is 11.9 Å². The smallest absolute Gasteiger partial charge is 0.251 e. The monoisotopic (exact) mass is 350 g/mol. The first-order valence-electron chi connectivity index (χ1n) is 7.27. The van der Waals surface area contributed by atoms with E-state index in [1.807, 2.05) is 26.0 Å². The molecular formula is C16H16Cl2N4O. The SMILES string of the molecule is CCNC(=O)C1=C(C)Nc2ccnn2C1c1ccc(Cl)c(Cl)c1. The molecule has 0 fully saturated rings. The predicted octanol–water partition coefficient (Wildman–Crippen LogP) is 3.61. The largest absolute Gasteiger partial charge is 0.352 e. The van der Waals surface area contributed by atoms with Gasteiger partial charge in [0.2, 0.25) is 0 Å². The second kappa shape index (κ2) is 6.26. The van der Waals surface area contributed by atoms with Crippen LogP contribution < -0.4 is 10.6 Å². The number of nitrogens with zero attached hydrogens (tertiary/aromatic N) is 2. The highest BCUT2D eigenvalue weighted by Gasteiger charge is 2.32. The molecule has 1 aromatic carbocycles. The summed E-state index contributed by atoms with van der Waals surface area (Å²) in [6.07, 6.45) is 1.70. The third kappa shape index (κ3) is 2.82. The Bertz CT molecular complexity index is 797. The number of hydrogen-bond donors (Lipinski definition) is 2. The average Bonchev–Trinajstić information content (AvgIpc) is 2.96. The lowest BCUT2D eigenvalue weighted by molar-refractivity contribution is -0.117. The normalized spacial score (nSPS) is 16.8. The van der Waals surface area contributed by atoms with Gasteiger partial charge in [0, 0.05) is 18.3 Å². The zero-order valence-corrected chi connectivity index (χ0v) is 14.2. The fourth-order valence-electron chi connectivity index (χ4n) is 2.75. The number of amides is 1. The number of carbonyl (C=O) groups is 1. The van der Waals surface area contributed by atoms with Crippen molar-refractivity contribution >= 4 is 34.9 Å². The summed E-state index contributed by atoms with van der Waals surface area (Å²) in [5.74, 6) is 0.696. The molecule has 0 radical (unpaired) electrons. The molecule has 120 valence electrons. The molecule has 0 spiro atoms. The molecule has 1 amide bonds. The summed E-state index contributed by atoms with van der Waals surface area (Å²) in [4.78, 5) is 12.6. The van der Waals surface area contributed by atoms with Crippen LogP contribution >= 0.6 is 23.2 Å². The quantitative estimate of drug-likeness (QED) is 0.888. The summed E-state index contributed by atoms with van der Waals surface area (Å²) in [5, 5.41) is 11.4. The fourth-order valence-corrected chi connectivity index (χ4v) is 3.05. The van der Waals surface area contributed by atoms with Crippen molar-refractivity contribution in [1.29, 1.82) is 0 Å². The highest BCUT2D eigenvalue weighted by atomic mass is 35.5. The molecule has 0 saturated heterocycles. The Morgan fingerprint density at radius 1 is 1.35 bits per heavy atom. The number of likely N-dealkylation sites (N-methyl/N-ethyl adjacent to an activating group) is 1. The Labute approximate surface area is 144 Å². The summed E-state index contributed by atoms with van der Waals surface area (Å²) in [7, 11) is 0. The molecule has 1 aliphatic rings. The van der Waals surface area contributed by atoms with E-state index in [1.165, 1.54) is 0 Å². The van der Waals surface area contributed by atoms with Crippen LogP contribution in [-0.4, -0.2) is 22.2 Å². The number of nitrogens with one attached hydrogen (secondary N) is 2. The van der Waals surface area contributed by atoms with Gasteiger partial charge in [-0.15, -0.1) is 0 Å². The molecule has 2 N–H and O–H groups in total. The molecule has 23 heavy (non-hydrogen) atoms. The molecule has 2 heterocycles. The number of carbonyl (C=O) groups excluding carboxylic acids is 1.